The third-order valence-corrected chi connectivity index (χ3v) is 4.54. The highest BCUT2D eigenvalue weighted by molar-refractivity contribution is 5.89. The molecule has 0 unspecified atom stereocenters. The maximum atomic E-state index is 12.4. The topological polar surface area (TPSA) is 80.4 Å². The molecule has 4 aromatic rings. The number of benzene rings is 2. The van der Waals surface area contributed by atoms with Crippen LogP contribution in [0.2, 0.25) is 0 Å². The molecule has 29 heavy (non-hydrogen) atoms. The van der Waals surface area contributed by atoms with E-state index in [-0.39, 0.29) is 11.7 Å². The Labute approximate surface area is 167 Å². The maximum absolute atomic E-state index is 12.4. The number of aromatic nitrogens is 3. The maximum Gasteiger partial charge on any atom is 0.350 e. The summed E-state index contributed by atoms with van der Waals surface area (Å²) < 4.78 is 2.91. The van der Waals surface area contributed by atoms with Crippen molar-refractivity contribution in [3.05, 3.63) is 100 Å². The van der Waals surface area contributed by atoms with Gasteiger partial charge in [-0.3, -0.25) is 4.40 Å². The fraction of sp³-hybridized carbons (Fsp3) is 0.136. The van der Waals surface area contributed by atoms with Crippen molar-refractivity contribution in [3.63, 3.8) is 0 Å². The molecule has 0 saturated carbocycles. The molecule has 0 aliphatic heterocycles. The molecule has 0 saturated heterocycles. The second-order valence-corrected chi connectivity index (χ2v) is 6.87. The number of urea groups is 1. The first-order valence-corrected chi connectivity index (χ1v) is 9.32. The molecule has 0 fully saturated rings. The first kappa shape index (κ1) is 18.5. The normalized spacial score (nSPS) is 10.8. The fourth-order valence-electron chi connectivity index (χ4n) is 3.17. The van der Waals surface area contributed by atoms with Gasteiger partial charge in [0.05, 0.1) is 6.54 Å². The minimum absolute atomic E-state index is 0.199. The number of fused-ring (bicyclic) bond motifs is 1. The van der Waals surface area contributed by atoms with Crippen molar-refractivity contribution in [2.24, 2.45) is 0 Å². The van der Waals surface area contributed by atoms with Crippen LogP contribution in [0.5, 0.6) is 0 Å². The van der Waals surface area contributed by atoms with Crippen LogP contribution in [0, 0.1) is 6.92 Å². The molecular weight excluding hydrogens is 366 g/mol. The molecule has 4 rings (SSSR count). The van der Waals surface area contributed by atoms with Crippen molar-refractivity contribution < 1.29 is 4.79 Å². The van der Waals surface area contributed by atoms with Gasteiger partial charge in [0.25, 0.3) is 0 Å². The molecule has 7 nitrogen and oxygen atoms in total. The van der Waals surface area contributed by atoms with Crippen molar-refractivity contribution in [2.75, 3.05) is 5.32 Å². The Morgan fingerprint density at radius 1 is 1.00 bits per heavy atom. The molecule has 0 spiro atoms. The van der Waals surface area contributed by atoms with Crippen molar-refractivity contribution in [3.8, 4) is 0 Å². The summed E-state index contributed by atoms with van der Waals surface area (Å²) >= 11 is 0. The number of carbonyl (C=O) groups excluding carboxylic acids is 1. The molecule has 2 aromatic heterocycles. The molecular formula is C22H21N5O2. The van der Waals surface area contributed by atoms with E-state index < -0.39 is 0 Å². The van der Waals surface area contributed by atoms with Crippen LogP contribution in [0.15, 0.2) is 77.7 Å². The molecule has 0 aliphatic rings. The summed E-state index contributed by atoms with van der Waals surface area (Å²) in [5.74, 6) is 0. The van der Waals surface area contributed by atoms with Gasteiger partial charge in [-0.25, -0.2) is 14.3 Å². The van der Waals surface area contributed by atoms with E-state index >= 15 is 0 Å². The van der Waals surface area contributed by atoms with E-state index in [9.17, 15) is 9.59 Å². The largest absolute Gasteiger partial charge is 0.350 e. The minimum atomic E-state index is -0.284. The number of hydrogen-bond acceptors (Lipinski definition) is 3. The molecule has 0 atom stereocenters. The second-order valence-electron chi connectivity index (χ2n) is 6.87. The highest BCUT2D eigenvalue weighted by atomic mass is 16.2. The number of nitrogens with one attached hydrogen (secondary N) is 2. The van der Waals surface area contributed by atoms with Gasteiger partial charge in [-0.05, 0) is 42.3 Å². The summed E-state index contributed by atoms with van der Waals surface area (Å²) in [6, 6.07) is 20.5. The third-order valence-electron chi connectivity index (χ3n) is 4.54. The van der Waals surface area contributed by atoms with Gasteiger partial charge in [-0.2, -0.15) is 0 Å². The Morgan fingerprint density at radius 3 is 2.66 bits per heavy atom. The van der Waals surface area contributed by atoms with Gasteiger partial charge < -0.3 is 10.6 Å². The zero-order valence-electron chi connectivity index (χ0n) is 16.0. The quantitative estimate of drug-likeness (QED) is 0.552. The average Bonchev–Trinajstić information content (AvgIpc) is 3.02. The molecule has 0 aliphatic carbocycles. The summed E-state index contributed by atoms with van der Waals surface area (Å²) in [4.78, 5) is 24.6. The molecule has 2 N–H and O–H groups in total. The zero-order chi connectivity index (χ0) is 20.2. The van der Waals surface area contributed by atoms with Gasteiger partial charge in [0.1, 0.15) is 0 Å². The number of hydrogen-bond donors (Lipinski definition) is 2. The Morgan fingerprint density at radius 2 is 1.83 bits per heavy atom. The SMILES string of the molecule is Cc1cccc(CNC(=O)Nc2cccc(Cn3nc4ccccn4c3=O)c2)c1. The highest BCUT2D eigenvalue weighted by Gasteiger charge is 2.08. The van der Waals surface area contributed by atoms with Crippen molar-refractivity contribution in [1.29, 1.82) is 0 Å². The summed E-state index contributed by atoms with van der Waals surface area (Å²) in [6.45, 7) is 2.79. The lowest BCUT2D eigenvalue weighted by atomic mass is 10.1. The number of carbonyl (C=O) groups is 1. The van der Waals surface area contributed by atoms with Gasteiger partial charge >= 0.3 is 11.7 Å². The molecule has 0 bridgehead atoms. The fourth-order valence-corrected chi connectivity index (χ4v) is 3.17. The van der Waals surface area contributed by atoms with Gasteiger partial charge in [-0.15, -0.1) is 5.10 Å². The zero-order valence-corrected chi connectivity index (χ0v) is 16.0. The van der Waals surface area contributed by atoms with Crippen molar-refractivity contribution in [1.82, 2.24) is 19.5 Å². The third kappa shape index (κ3) is 4.35. The Balaban J connectivity index is 1.42. The highest BCUT2D eigenvalue weighted by Crippen LogP contribution is 2.12. The van der Waals surface area contributed by atoms with Crippen molar-refractivity contribution in [2.45, 2.75) is 20.0 Å². The van der Waals surface area contributed by atoms with Gasteiger partial charge in [0, 0.05) is 18.4 Å². The summed E-state index contributed by atoms with van der Waals surface area (Å²) in [7, 11) is 0. The van der Waals surface area contributed by atoms with E-state index in [0.29, 0.717) is 24.4 Å². The summed E-state index contributed by atoms with van der Waals surface area (Å²) in [6.07, 6.45) is 1.69. The Kier molecular flexibility index (Phi) is 5.11. The molecule has 7 heteroatoms. The number of pyridine rings is 1. The van der Waals surface area contributed by atoms with Crippen molar-refractivity contribution >= 4 is 17.4 Å². The predicted molar refractivity (Wildman–Crippen MR) is 112 cm³/mol. The number of anilines is 1. The van der Waals surface area contributed by atoms with Crippen LogP contribution in [-0.2, 0) is 13.1 Å². The number of rotatable bonds is 5. The molecule has 2 aromatic carbocycles. The lowest BCUT2D eigenvalue weighted by Gasteiger charge is -2.09. The number of nitrogens with zero attached hydrogens (tertiary/aromatic N) is 3. The minimum Gasteiger partial charge on any atom is -0.334 e. The lowest BCUT2D eigenvalue weighted by Crippen LogP contribution is -2.28. The summed E-state index contributed by atoms with van der Waals surface area (Å²) in [5.41, 5.74) is 4.12. The monoisotopic (exact) mass is 387 g/mol. The van der Waals surface area contributed by atoms with Crippen LogP contribution < -0.4 is 16.3 Å². The van der Waals surface area contributed by atoms with Crippen LogP contribution in [-0.4, -0.2) is 20.2 Å². The first-order chi connectivity index (χ1) is 14.1. The number of amides is 2. The lowest BCUT2D eigenvalue weighted by molar-refractivity contribution is 0.251. The first-order valence-electron chi connectivity index (χ1n) is 9.32. The van der Waals surface area contributed by atoms with Gasteiger partial charge in [0.2, 0.25) is 0 Å². The van der Waals surface area contributed by atoms with E-state index in [1.807, 2.05) is 61.5 Å². The van der Waals surface area contributed by atoms with Crippen LogP contribution in [0.25, 0.3) is 5.65 Å². The van der Waals surface area contributed by atoms with E-state index in [0.717, 1.165) is 16.7 Å². The van der Waals surface area contributed by atoms with E-state index in [1.54, 1.807) is 18.3 Å². The van der Waals surface area contributed by atoms with E-state index in [1.165, 1.54) is 9.08 Å². The van der Waals surface area contributed by atoms with Crippen LogP contribution in [0.1, 0.15) is 16.7 Å². The van der Waals surface area contributed by atoms with Crippen LogP contribution >= 0.6 is 0 Å². The van der Waals surface area contributed by atoms with Gasteiger partial charge in [-0.1, -0.05) is 48.0 Å². The summed E-state index contributed by atoms with van der Waals surface area (Å²) in [5, 5.41) is 10.0. The predicted octanol–water partition coefficient (Wildman–Crippen LogP) is 3.17. The molecule has 2 heterocycles. The van der Waals surface area contributed by atoms with E-state index in [4.69, 9.17) is 0 Å². The smallest absolute Gasteiger partial charge is 0.334 e. The Bertz CT molecular complexity index is 1230. The average molecular weight is 387 g/mol. The van der Waals surface area contributed by atoms with Crippen LogP contribution in [0.3, 0.4) is 0 Å². The van der Waals surface area contributed by atoms with Gasteiger partial charge in [0.15, 0.2) is 5.65 Å². The molecule has 0 radical (unpaired) electrons. The van der Waals surface area contributed by atoms with Crippen LogP contribution in [0.4, 0.5) is 10.5 Å². The standard InChI is InChI=1S/C22H21N5O2/c1-16-6-4-7-17(12-16)14-23-21(28)24-19-9-5-8-18(13-19)15-27-22(29)26-11-3-2-10-20(26)25-27/h2-13H,14-15H2,1H3,(H2,23,24,28). The second kappa shape index (κ2) is 8.02. The van der Waals surface area contributed by atoms with E-state index in [2.05, 4.69) is 15.7 Å². The molecule has 146 valence electrons. The number of aryl methyl sites for hydroxylation is 1. The Hall–Kier alpha value is -3.87. The molecule has 2 amide bonds.